The van der Waals surface area contributed by atoms with E-state index >= 15 is 0 Å². The first kappa shape index (κ1) is 29.4. The monoisotopic (exact) mass is 592 g/mol. The lowest BCUT2D eigenvalue weighted by Gasteiger charge is -2.47. The van der Waals surface area contributed by atoms with Gasteiger partial charge in [-0.05, 0) is 60.4 Å². The van der Waals surface area contributed by atoms with Crippen LogP contribution in [0.5, 0.6) is 0 Å². The molecule has 0 radical (unpaired) electrons. The highest BCUT2D eigenvalue weighted by Crippen LogP contribution is 2.55. The number of sulfone groups is 1. The molecule has 0 aliphatic heterocycles. The molecule has 214 valence electrons. The van der Waals surface area contributed by atoms with Crippen LogP contribution < -0.4 is 5.32 Å². The fourth-order valence-electron chi connectivity index (χ4n) is 4.74. The predicted molar refractivity (Wildman–Crippen MR) is 126 cm³/mol. The molecule has 0 saturated heterocycles. The van der Waals surface area contributed by atoms with E-state index in [-0.39, 0.29) is 41.9 Å². The number of carbonyl (C=O) groups excluding carboxylic acids is 1. The normalized spacial score (nSPS) is 20.1. The van der Waals surface area contributed by atoms with Crippen molar-refractivity contribution in [3.05, 3.63) is 95.6 Å². The quantitative estimate of drug-likeness (QED) is 0.282. The summed E-state index contributed by atoms with van der Waals surface area (Å²) in [7, 11) is -4.43. The lowest BCUT2D eigenvalue weighted by atomic mass is 9.74. The summed E-state index contributed by atoms with van der Waals surface area (Å²) in [5.74, 6) is -1.21. The maximum atomic E-state index is 14.5. The zero-order valence-electron chi connectivity index (χ0n) is 20.2. The second kappa shape index (κ2) is 10.1. The Kier molecular flexibility index (Phi) is 7.45. The van der Waals surface area contributed by atoms with Crippen LogP contribution in [-0.4, -0.2) is 37.7 Å². The number of rotatable bonds is 7. The van der Waals surface area contributed by atoms with Crippen LogP contribution in [0.3, 0.4) is 0 Å². The van der Waals surface area contributed by atoms with E-state index in [1.807, 2.05) is 0 Å². The largest absolute Gasteiger partial charge is 0.435 e. The molecule has 0 bridgehead atoms. The Balaban J connectivity index is 1.68. The van der Waals surface area contributed by atoms with Crippen molar-refractivity contribution in [2.75, 3.05) is 0 Å². The van der Waals surface area contributed by atoms with Crippen molar-refractivity contribution in [1.82, 2.24) is 10.3 Å². The fourth-order valence-corrected chi connectivity index (χ4v) is 6.98. The minimum Gasteiger partial charge on any atom is -0.353 e. The van der Waals surface area contributed by atoms with Crippen molar-refractivity contribution in [2.24, 2.45) is 0 Å². The van der Waals surface area contributed by atoms with Crippen molar-refractivity contribution in [2.45, 2.75) is 53.0 Å². The summed E-state index contributed by atoms with van der Waals surface area (Å²) in [5, 5.41) is 2.66. The third-order valence-corrected chi connectivity index (χ3v) is 9.35. The first-order valence-electron chi connectivity index (χ1n) is 11.6. The third kappa shape index (κ3) is 5.04. The van der Waals surface area contributed by atoms with Crippen LogP contribution in [0.1, 0.15) is 29.5 Å². The average molecular weight is 593 g/mol. The molecule has 1 saturated carbocycles. The van der Waals surface area contributed by atoms with Gasteiger partial charge in [0.25, 0.3) is 0 Å². The van der Waals surface area contributed by atoms with Gasteiger partial charge in [-0.3, -0.25) is 9.78 Å². The van der Waals surface area contributed by atoms with Crippen molar-refractivity contribution in [3.63, 3.8) is 0 Å². The molecule has 1 aromatic heterocycles. The topological polar surface area (TPSA) is 76.1 Å². The van der Waals surface area contributed by atoms with Gasteiger partial charge in [-0.1, -0.05) is 24.3 Å². The van der Waals surface area contributed by atoms with Gasteiger partial charge in [-0.25, -0.2) is 17.2 Å². The Morgan fingerprint density at radius 3 is 1.88 bits per heavy atom. The summed E-state index contributed by atoms with van der Waals surface area (Å²) < 4.78 is 133. The van der Waals surface area contributed by atoms with Gasteiger partial charge in [0, 0.05) is 24.0 Å². The second-order valence-electron chi connectivity index (χ2n) is 9.39. The van der Waals surface area contributed by atoms with Crippen LogP contribution >= 0.6 is 0 Å². The maximum absolute atomic E-state index is 14.5. The first-order valence-corrected chi connectivity index (χ1v) is 13.1. The Hall–Kier alpha value is -3.55. The highest BCUT2D eigenvalue weighted by Gasteiger charge is 2.73. The molecule has 4 rings (SSSR count). The number of hydrogen-bond acceptors (Lipinski definition) is 4. The molecule has 1 aliphatic rings. The molecular formula is C26H20F8N2O3S. The summed E-state index contributed by atoms with van der Waals surface area (Å²) in [6.45, 7) is 0. The van der Waals surface area contributed by atoms with E-state index in [2.05, 4.69) is 10.3 Å². The van der Waals surface area contributed by atoms with E-state index in [0.717, 1.165) is 24.3 Å². The molecule has 1 aliphatic carbocycles. The van der Waals surface area contributed by atoms with Gasteiger partial charge in [0.2, 0.25) is 5.91 Å². The van der Waals surface area contributed by atoms with Crippen molar-refractivity contribution in [3.8, 4) is 0 Å². The van der Waals surface area contributed by atoms with Gasteiger partial charge in [0.15, 0.2) is 9.84 Å². The molecule has 0 spiro atoms. The Morgan fingerprint density at radius 2 is 1.38 bits per heavy atom. The minimum atomic E-state index is -6.34. The van der Waals surface area contributed by atoms with Gasteiger partial charge in [-0.15, -0.1) is 0 Å². The molecule has 1 amide bonds. The number of benzene rings is 2. The average Bonchev–Trinajstić information content (AvgIpc) is 2.85. The van der Waals surface area contributed by atoms with Crippen LogP contribution in [0.4, 0.5) is 35.1 Å². The summed E-state index contributed by atoms with van der Waals surface area (Å²) in [6, 6.07) is 8.02. The lowest BCUT2D eigenvalue weighted by molar-refractivity contribution is -0.348. The van der Waals surface area contributed by atoms with E-state index in [9.17, 15) is 48.3 Å². The molecule has 3 aromatic rings. The number of alkyl halides is 7. The van der Waals surface area contributed by atoms with Crippen molar-refractivity contribution >= 4 is 15.7 Å². The van der Waals surface area contributed by atoms with E-state index in [1.165, 1.54) is 12.4 Å². The lowest BCUT2D eigenvalue weighted by Crippen LogP contribution is -2.57. The molecule has 14 heteroatoms. The van der Waals surface area contributed by atoms with Crippen LogP contribution in [0, 0.1) is 5.82 Å². The molecule has 0 unspecified atom stereocenters. The molecule has 1 N–H and O–H groups in total. The van der Waals surface area contributed by atoms with Crippen molar-refractivity contribution < 1.29 is 48.3 Å². The zero-order chi connectivity index (χ0) is 29.6. The molecule has 2 aromatic carbocycles. The van der Waals surface area contributed by atoms with Gasteiger partial charge >= 0.3 is 18.0 Å². The van der Waals surface area contributed by atoms with E-state index < -0.39 is 55.9 Å². The highest BCUT2D eigenvalue weighted by molar-refractivity contribution is 7.92. The molecule has 0 atom stereocenters. The van der Waals surface area contributed by atoms with Gasteiger partial charge in [0.05, 0.1) is 11.3 Å². The number of nitrogens with zero attached hydrogens (tertiary/aromatic N) is 1. The molecular weight excluding hydrogens is 572 g/mol. The number of hydrogen-bond donors (Lipinski definition) is 1. The standard InChI is InChI=1S/C26H20F8N2O3S/c27-19-5-7-21(8-6-19)40(38,39)23(14-20(15-23)36-22(37)13-16-9-11-35-12-10-16)17-1-3-18(4-2-17)24(28,25(29,30)31)26(32,33)34/h1-12,20H,13-15H2,(H,36,37)/t20-,23+. The zero-order valence-corrected chi connectivity index (χ0v) is 21.0. The second-order valence-corrected chi connectivity index (χ2v) is 11.6. The van der Waals surface area contributed by atoms with Crippen LogP contribution in [0.25, 0.3) is 0 Å². The fraction of sp³-hybridized carbons (Fsp3) is 0.308. The number of amides is 1. The highest BCUT2D eigenvalue weighted by atomic mass is 32.2. The van der Waals surface area contributed by atoms with Crippen LogP contribution in [0.2, 0.25) is 0 Å². The Bertz CT molecular complexity index is 1450. The maximum Gasteiger partial charge on any atom is 0.435 e. The minimum absolute atomic E-state index is 0.0567. The smallest absolute Gasteiger partial charge is 0.353 e. The summed E-state index contributed by atoms with van der Waals surface area (Å²) in [4.78, 5) is 16.0. The third-order valence-electron chi connectivity index (χ3n) is 6.86. The SMILES string of the molecule is O=C(Cc1ccncc1)N[C@H]1C[C@@](c2ccc(C(F)(C(F)(F)F)C(F)(F)F)cc2)(S(=O)(=O)c2ccc(F)cc2)C1. The molecule has 1 fully saturated rings. The number of aromatic nitrogens is 1. The summed E-state index contributed by atoms with van der Waals surface area (Å²) in [5.41, 5.74) is -7.06. The van der Waals surface area contributed by atoms with Crippen molar-refractivity contribution in [1.29, 1.82) is 0 Å². The summed E-state index contributed by atoms with van der Waals surface area (Å²) >= 11 is 0. The molecule has 1 heterocycles. The number of carbonyl (C=O) groups is 1. The number of nitrogens with one attached hydrogen (secondary N) is 1. The van der Waals surface area contributed by atoms with Crippen LogP contribution in [0.15, 0.2) is 78.0 Å². The molecule has 5 nitrogen and oxygen atoms in total. The Labute approximate surface area is 223 Å². The first-order chi connectivity index (χ1) is 18.5. The number of pyridine rings is 1. The molecule has 40 heavy (non-hydrogen) atoms. The van der Waals surface area contributed by atoms with E-state index in [0.29, 0.717) is 17.7 Å². The van der Waals surface area contributed by atoms with Crippen LogP contribution in [-0.2, 0) is 31.5 Å². The van der Waals surface area contributed by atoms with E-state index in [1.54, 1.807) is 12.1 Å². The number of halogens is 8. The predicted octanol–water partition coefficient (Wildman–Crippen LogP) is 5.70. The summed E-state index contributed by atoms with van der Waals surface area (Å²) in [6.07, 6.45) is -10.4. The van der Waals surface area contributed by atoms with Gasteiger partial charge in [-0.2, -0.15) is 26.3 Å². The van der Waals surface area contributed by atoms with Gasteiger partial charge in [0.1, 0.15) is 10.6 Å². The van der Waals surface area contributed by atoms with Gasteiger partial charge < -0.3 is 5.32 Å². The Morgan fingerprint density at radius 1 is 0.850 bits per heavy atom. The van der Waals surface area contributed by atoms with E-state index in [4.69, 9.17) is 0 Å².